The van der Waals surface area contributed by atoms with Crippen molar-refractivity contribution in [3.05, 3.63) is 0 Å². The normalized spacial score (nSPS) is 19.5. The fourth-order valence-corrected chi connectivity index (χ4v) is 1.92. The second-order valence-corrected chi connectivity index (χ2v) is 4.12. The Bertz CT molecular complexity index is 172. The third-order valence-corrected chi connectivity index (χ3v) is 2.97. The first kappa shape index (κ1) is 10.5. The highest BCUT2D eigenvalue weighted by Crippen LogP contribution is 2.24. The van der Waals surface area contributed by atoms with Gasteiger partial charge in [-0.2, -0.15) is 0 Å². The van der Waals surface area contributed by atoms with Gasteiger partial charge in [0.25, 0.3) is 0 Å². The molecule has 3 heteroatoms. The molecule has 1 heterocycles. The number of piperidine rings is 1. The van der Waals surface area contributed by atoms with Gasteiger partial charge in [0.2, 0.25) is 5.91 Å². The monoisotopic (exact) mass is 185 g/mol. The van der Waals surface area contributed by atoms with Crippen LogP contribution in [0.5, 0.6) is 0 Å². The molecule has 0 aliphatic carbocycles. The second-order valence-electron chi connectivity index (χ2n) is 4.12. The minimum atomic E-state index is -0.341. The van der Waals surface area contributed by atoms with Gasteiger partial charge in [-0.15, -0.1) is 0 Å². The van der Waals surface area contributed by atoms with Gasteiger partial charge in [-0.3, -0.25) is 4.79 Å². The van der Waals surface area contributed by atoms with Crippen molar-refractivity contribution in [2.45, 2.75) is 26.7 Å². The zero-order valence-electron chi connectivity index (χ0n) is 8.49. The fourth-order valence-electron chi connectivity index (χ4n) is 1.92. The molecule has 0 saturated carbocycles. The smallest absolute Gasteiger partial charge is 0.248 e. The van der Waals surface area contributed by atoms with E-state index in [1.807, 2.05) is 0 Å². The molecule has 1 aliphatic heterocycles. The Hall–Kier alpha value is -0.570. The summed E-state index contributed by atoms with van der Waals surface area (Å²) in [6, 6.07) is 0. The van der Waals surface area contributed by atoms with E-state index in [4.69, 9.17) is 5.11 Å². The van der Waals surface area contributed by atoms with Crippen LogP contribution in [0.15, 0.2) is 0 Å². The minimum Gasteiger partial charge on any atom is -0.387 e. The lowest BCUT2D eigenvalue weighted by Crippen LogP contribution is -2.40. The zero-order chi connectivity index (χ0) is 9.84. The molecule has 0 radical (unpaired) electrons. The van der Waals surface area contributed by atoms with E-state index in [0.29, 0.717) is 5.92 Å². The SMILES string of the molecule is CC(C)C1CCN(C(=O)CO)CC1. The topological polar surface area (TPSA) is 40.5 Å². The maximum atomic E-state index is 11.1. The molecule has 0 atom stereocenters. The van der Waals surface area contributed by atoms with Gasteiger partial charge < -0.3 is 10.0 Å². The second kappa shape index (κ2) is 4.61. The van der Waals surface area contributed by atoms with Crippen LogP contribution >= 0.6 is 0 Å². The number of aliphatic hydroxyl groups is 1. The summed E-state index contributed by atoms with van der Waals surface area (Å²) in [5, 5.41) is 8.67. The number of carbonyl (C=O) groups excluding carboxylic acids is 1. The Morgan fingerprint density at radius 3 is 2.38 bits per heavy atom. The molecule has 0 bridgehead atoms. The zero-order valence-corrected chi connectivity index (χ0v) is 8.49. The molecule has 13 heavy (non-hydrogen) atoms. The lowest BCUT2D eigenvalue weighted by Gasteiger charge is -2.33. The standard InChI is InChI=1S/C10H19NO2/c1-8(2)9-3-5-11(6-4-9)10(13)7-12/h8-9,12H,3-7H2,1-2H3. The van der Waals surface area contributed by atoms with E-state index in [0.717, 1.165) is 31.8 Å². The third-order valence-electron chi connectivity index (χ3n) is 2.97. The number of nitrogens with zero attached hydrogens (tertiary/aromatic N) is 1. The van der Waals surface area contributed by atoms with E-state index in [9.17, 15) is 4.79 Å². The largest absolute Gasteiger partial charge is 0.387 e. The summed E-state index contributed by atoms with van der Waals surface area (Å²) >= 11 is 0. The van der Waals surface area contributed by atoms with Crippen LogP contribution in [0.25, 0.3) is 0 Å². The molecule has 3 nitrogen and oxygen atoms in total. The molecule has 1 amide bonds. The molecule has 0 unspecified atom stereocenters. The van der Waals surface area contributed by atoms with Crippen LogP contribution in [0.3, 0.4) is 0 Å². The molecular formula is C10H19NO2. The summed E-state index contributed by atoms with van der Waals surface area (Å²) < 4.78 is 0. The first-order valence-electron chi connectivity index (χ1n) is 5.03. The van der Waals surface area contributed by atoms with E-state index in [1.165, 1.54) is 0 Å². The van der Waals surface area contributed by atoms with Gasteiger partial charge in [-0.1, -0.05) is 13.8 Å². The number of hydrogen-bond donors (Lipinski definition) is 1. The Labute approximate surface area is 79.7 Å². The van der Waals surface area contributed by atoms with Gasteiger partial charge in [-0.05, 0) is 24.7 Å². The van der Waals surface area contributed by atoms with Crippen molar-refractivity contribution in [1.82, 2.24) is 4.90 Å². The fraction of sp³-hybridized carbons (Fsp3) is 0.900. The Kier molecular flexibility index (Phi) is 3.72. The van der Waals surface area contributed by atoms with Gasteiger partial charge >= 0.3 is 0 Å². The summed E-state index contributed by atoms with van der Waals surface area (Å²) in [6.45, 7) is 5.76. The number of hydrogen-bond acceptors (Lipinski definition) is 2. The van der Waals surface area contributed by atoms with E-state index >= 15 is 0 Å². The van der Waals surface area contributed by atoms with Crippen LogP contribution in [0.2, 0.25) is 0 Å². The molecule has 1 fully saturated rings. The van der Waals surface area contributed by atoms with E-state index in [1.54, 1.807) is 4.90 Å². The number of aliphatic hydroxyl groups excluding tert-OH is 1. The van der Waals surface area contributed by atoms with Gasteiger partial charge in [0, 0.05) is 13.1 Å². The Balaban J connectivity index is 2.34. The molecular weight excluding hydrogens is 166 g/mol. The molecule has 1 N–H and O–H groups in total. The number of amides is 1. The highest BCUT2D eigenvalue weighted by atomic mass is 16.3. The van der Waals surface area contributed by atoms with Crippen LogP contribution in [0, 0.1) is 11.8 Å². The van der Waals surface area contributed by atoms with Crippen molar-refractivity contribution in [1.29, 1.82) is 0 Å². The van der Waals surface area contributed by atoms with Crippen molar-refractivity contribution >= 4 is 5.91 Å². The molecule has 1 saturated heterocycles. The van der Waals surface area contributed by atoms with Crippen LogP contribution < -0.4 is 0 Å². The maximum Gasteiger partial charge on any atom is 0.248 e. The van der Waals surface area contributed by atoms with E-state index in [2.05, 4.69) is 13.8 Å². The molecule has 0 aromatic carbocycles. The van der Waals surface area contributed by atoms with Crippen molar-refractivity contribution in [2.24, 2.45) is 11.8 Å². The summed E-state index contributed by atoms with van der Waals surface area (Å²) in [7, 11) is 0. The van der Waals surface area contributed by atoms with Gasteiger partial charge in [0.1, 0.15) is 6.61 Å². The lowest BCUT2D eigenvalue weighted by atomic mass is 9.87. The molecule has 1 aliphatic rings. The molecule has 0 aromatic heterocycles. The van der Waals surface area contributed by atoms with Crippen molar-refractivity contribution < 1.29 is 9.90 Å². The summed E-state index contributed by atoms with van der Waals surface area (Å²) in [4.78, 5) is 12.9. The van der Waals surface area contributed by atoms with Crippen LogP contribution in [0.4, 0.5) is 0 Å². The Morgan fingerprint density at radius 2 is 2.00 bits per heavy atom. The van der Waals surface area contributed by atoms with Crippen molar-refractivity contribution in [3.8, 4) is 0 Å². The molecule has 1 rings (SSSR count). The number of likely N-dealkylation sites (tertiary alicyclic amines) is 1. The summed E-state index contributed by atoms with van der Waals surface area (Å²) in [6.07, 6.45) is 2.17. The van der Waals surface area contributed by atoms with Crippen LogP contribution in [0.1, 0.15) is 26.7 Å². The first-order valence-corrected chi connectivity index (χ1v) is 5.03. The molecule has 0 spiro atoms. The highest BCUT2D eigenvalue weighted by Gasteiger charge is 2.23. The van der Waals surface area contributed by atoms with Gasteiger partial charge in [0.05, 0.1) is 0 Å². The average Bonchev–Trinajstić information content (AvgIpc) is 2.17. The Morgan fingerprint density at radius 1 is 1.46 bits per heavy atom. The quantitative estimate of drug-likeness (QED) is 0.693. The maximum absolute atomic E-state index is 11.1. The van der Waals surface area contributed by atoms with Crippen molar-refractivity contribution in [3.63, 3.8) is 0 Å². The highest BCUT2D eigenvalue weighted by molar-refractivity contribution is 5.77. The van der Waals surface area contributed by atoms with Crippen LogP contribution in [-0.4, -0.2) is 35.6 Å². The first-order chi connectivity index (χ1) is 6.15. The van der Waals surface area contributed by atoms with Gasteiger partial charge in [0.15, 0.2) is 0 Å². The molecule has 76 valence electrons. The third kappa shape index (κ3) is 2.69. The van der Waals surface area contributed by atoms with Gasteiger partial charge in [-0.25, -0.2) is 0 Å². The van der Waals surface area contributed by atoms with Crippen LogP contribution in [-0.2, 0) is 4.79 Å². The van der Waals surface area contributed by atoms with Crippen molar-refractivity contribution in [2.75, 3.05) is 19.7 Å². The molecule has 0 aromatic rings. The lowest BCUT2D eigenvalue weighted by molar-refractivity contribution is -0.135. The average molecular weight is 185 g/mol. The van der Waals surface area contributed by atoms with E-state index < -0.39 is 0 Å². The summed E-state index contributed by atoms with van der Waals surface area (Å²) in [5.74, 6) is 1.34. The predicted octanol–water partition coefficient (Wildman–Crippen LogP) is 0.873. The van der Waals surface area contributed by atoms with E-state index in [-0.39, 0.29) is 12.5 Å². The number of rotatable bonds is 2. The number of carbonyl (C=O) groups is 1. The summed E-state index contributed by atoms with van der Waals surface area (Å²) in [5.41, 5.74) is 0. The predicted molar refractivity (Wildman–Crippen MR) is 51.2 cm³/mol. The minimum absolute atomic E-state index is 0.123.